The zero-order chi connectivity index (χ0) is 18.9. The van der Waals surface area contributed by atoms with Crippen LogP contribution in [-0.4, -0.2) is 35.6 Å². The van der Waals surface area contributed by atoms with Crippen molar-refractivity contribution in [3.63, 3.8) is 0 Å². The Balaban J connectivity index is 2.57. The van der Waals surface area contributed by atoms with Crippen molar-refractivity contribution in [3.05, 3.63) is 33.9 Å². The molecule has 0 radical (unpaired) electrons. The predicted octanol–water partition coefficient (Wildman–Crippen LogP) is 4.41. The third-order valence-corrected chi connectivity index (χ3v) is 4.46. The second kappa shape index (κ2) is 7.02. The highest BCUT2D eigenvalue weighted by Gasteiger charge is 2.33. The van der Waals surface area contributed by atoms with Crippen LogP contribution in [-0.2, 0) is 4.74 Å². The largest absolute Gasteiger partial charge is 0.475 e. The minimum atomic E-state index is -0.376. The van der Waals surface area contributed by atoms with Gasteiger partial charge in [0.15, 0.2) is 0 Å². The van der Waals surface area contributed by atoms with Gasteiger partial charge < -0.3 is 9.64 Å². The summed E-state index contributed by atoms with van der Waals surface area (Å²) in [6.07, 6.45) is 0. The summed E-state index contributed by atoms with van der Waals surface area (Å²) in [5.41, 5.74) is 1.65. The van der Waals surface area contributed by atoms with Gasteiger partial charge in [-0.3, -0.25) is 10.1 Å². The van der Waals surface area contributed by atoms with Gasteiger partial charge in [0, 0.05) is 24.2 Å². The van der Waals surface area contributed by atoms with Gasteiger partial charge in [-0.15, -0.1) is 0 Å². The summed E-state index contributed by atoms with van der Waals surface area (Å²) in [4.78, 5) is 17.8. The number of non-ortho nitro benzene ring substituents is 1. The Hall–Kier alpha value is -2.11. The fourth-order valence-electron chi connectivity index (χ4n) is 3.15. The maximum absolute atomic E-state index is 11.3. The lowest BCUT2D eigenvalue weighted by Gasteiger charge is -2.34. The molecule has 6 heteroatoms. The Kier molecular flexibility index (Phi) is 5.40. The number of hydrogen-bond acceptors (Lipinski definition) is 5. The average molecular weight is 347 g/mol. The molecule has 25 heavy (non-hydrogen) atoms. The molecule has 6 nitrogen and oxygen atoms in total. The summed E-state index contributed by atoms with van der Waals surface area (Å²) < 4.78 is 5.86. The van der Waals surface area contributed by atoms with Crippen molar-refractivity contribution in [2.24, 2.45) is 10.4 Å². The summed E-state index contributed by atoms with van der Waals surface area (Å²) in [5.74, 6) is 0.505. The third kappa shape index (κ3) is 4.11. The zero-order valence-electron chi connectivity index (χ0n) is 16.2. The first-order chi connectivity index (χ1) is 11.5. The molecule has 0 aliphatic carbocycles. The maximum Gasteiger partial charge on any atom is 0.270 e. The van der Waals surface area contributed by atoms with Gasteiger partial charge in [0.2, 0.25) is 5.90 Å². The Labute approximate surface area is 150 Å². The third-order valence-electron chi connectivity index (χ3n) is 4.46. The molecular formula is C19H29N3O3. The monoisotopic (exact) mass is 347 g/mol. The summed E-state index contributed by atoms with van der Waals surface area (Å²) in [5, 5.41) is 11.3. The second-order valence-corrected chi connectivity index (χ2v) is 8.18. The first-order valence-corrected chi connectivity index (χ1v) is 8.80. The molecular weight excluding hydrogens is 318 g/mol. The minimum Gasteiger partial charge on any atom is -0.475 e. The van der Waals surface area contributed by atoms with Crippen LogP contribution < -0.4 is 4.90 Å². The van der Waals surface area contributed by atoms with Gasteiger partial charge >= 0.3 is 0 Å². The van der Waals surface area contributed by atoms with Gasteiger partial charge in [-0.2, -0.15) is 0 Å². The van der Waals surface area contributed by atoms with E-state index in [0.717, 1.165) is 5.69 Å². The number of ether oxygens (including phenoxy) is 1. The van der Waals surface area contributed by atoms with Crippen LogP contribution >= 0.6 is 0 Å². The number of anilines is 1. The zero-order valence-corrected chi connectivity index (χ0v) is 16.2. The molecule has 0 saturated heterocycles. The molecule has 1 heterocycles. The smallest absolute Gasteiger partial charge is 0.270 e. The van der Waals surface area contributed by atoms with E-state index >= 15 is 0 Å². The van der Waals surface area contributed by atoms with E-state index in [1.54, 1.807) is 12.1 Å². The number of nitro groups is 1. The van der Waals surface area contributed by atoms with Crippen molar-refractivity contribution in [3.8, 4) is 0 Å². The van der Waals surface area contributed by atoms with E-state index in [1.165, 1.54) is 0 Å². The van der Waals surface area contributed by atoms with Crippen LogP contribution in [0.3, 0.4) is 0 Å². The van der Waals surface area contributed by atoms with Crippen molar-refractivity contribution in [2.45, 2.75) is 66.6 Å². The van der Waals surface area contributed by atoms with Crippen molar-refractivity contribution in [1.29, 1.82) is 0 Å². The van der Waals surface area contributed by atoms with Crippen LogP contribution in [0.1, 0.15) is 54.0 Å². The van der Waals surface area contributed by atoms with Crippen LogP contribution in [0, 0.1) is 15.5 Å². The Morgan fingerprint density at radius 1 is 1.24 bits per heavy atom. The summed E-state index contributed by atoms with van der Waals surface area (Å²) in [6.45, 7) is 15.3. The first-order valence-electron chi connectivity index (χ1n) is 8.80. The number of rotatable bonds is 5. The van der Waals surface area contributed by atoms with E-state index in [-0.39, 0.29) is 34.2 Å². The molecule has 0 N–H and O–H groups in total. The van der Waals surface area contributed by atoms with Gasteiger partial charge in [-0.05, 0) is 39.2 Å². The number of hydrogen-bond donors (Lipinski definition) is 0. The van der Waals surface area contributed by atoms with E-state index in [4.69, 9.17) is 9.73 Å². The van der Waals surface area contributed by atoms with Crippen LogP contribution in [0.4, 0.5) is 11.4 Å². The number of aliphatic imine (C=N–C) groups is 1. The molecule has 0 saturated carbocycles. The SMILES string of the molecule is CC(C)N(c1ccc([N+](=O)[O-])cc1C1=N[C@@H](C(C)(C)C)CO1)C(C)C. The topological polar surface area (TPSA) is 68.0 Å². The predicted molar refractivity (Wildman–Crippen MR) is 102 cm³/mol. The normalized spacial score (nSPS) is 17.6. The lowest BCUT2D eigenvalue weighted by atomic mass is 9.88. The molecule has 138 valence electrons. The average Bonchev–Trinajstić information content (AvgIpc) is 2.96. The molecule has 1 aromatic rings. The molecule has 1 aliphatic heterocycles. The molecule has 2 rings (SSSR count). The maximum atomic E-state index is 11.3. The molecule has 1 atom stereocenters. The van der Waals surface area contributed by atoms with Crippen molar-refractivity contribution in [1.82, 2.24) is 0 Å². The minimum absolute atomic E-state index is 0.0155. The number of benzene rings is 1. The van der Waals surface area contributed by atoms with Gasteiger partial charge in [0.05, 0.1) is 22.2 Å². The van der Waals surface area contributed by atoms with Crippen molar-refractivity contribution >= 4 is 17.3 Å². The number of nitrogens with zero attached hydrogens (tertiary/aromatic N) is 3. The van der Waals surface area contributed by atoms with Crippen molar-refractivity contribution in [2.75, 3.05) is 11.5 Å². The Bertz CT molecular complexity index is 667. The van der Waals surface area contributed by atoms with E-state index in [2.05, 4.69) is 53.4 Å². The second-order valence-electron chi connectivity index (χ2n) is 8.18. The van der Waals surface area contributed by atoms with Crippen LogP contribution in [0.5, 0.6) is 0 Å². The summed E-state index contributed by atoms with van der Waals surface area (Å²) in [6, 6.07) is 5.48. The highest BCUT2D eigenvalue weighted by atomic mass is 16.6. The molecule has 0 aromatic heterocycles. The van der Waals surface area contributed by atoms with Gasteiger partial charge in [-0.25, -0.2) is 4.99 Å². The van der Waals surface area contributed by atoms with E-state index in [0.29, 0.717) is 18.1 Å². The van der Waals surface area contributed by atoms with Gasteiger partial charge in [0.1, 0.15) is 6.61 Å². The summed E-state index contributed by atoms with van der Waals surface area (Å²) >= 11 is 0. The van der Waals surface area contributed by atoms with E-state index in [9.17, 15) is 10.1 Å². The fraction of sp³-hybridized carbons (Fsp3) is 0.632. The summed E-state index contributed by atoms with van der Waals surface area (Å²) in [7, 11) is 0. The Morgan fingerprint density at radius 2 is 1.84 bits per heavy atom. The standard InChI is InChI=1S/C19H29N3O3/c1-12(2)21(13(3)4)16-9-8-14(22(23)24)10-15(16)18-20-17(11-25-18)19(5,6)7/h8-10,12-13,17H,11H2,1-7H3/t17-/m1/s1. The highest BCUT2D eigenvalue weighted by Crippen LogP contribution is 2.33. The van der Waals surface area contributed by atoms with Crippen molar-refractivity contribution < 1.29 is 9.66 Å². The van der Waals surface area contributed by atoms with Crippen LogP contribution in [0.15, 0.2) is 23.2 Å². The molecule has 0 spiro atoms. The van der Waals surface area contributed by atoms with Gasteiger partial charge in [-0.1, -0.05) is 20.8 Å². The Morgan fingerprint density at radius 3 is 2.28 bits per heavy atom. The molecule has 1 aromatic carbocycles. The lowest BCUT2D eigenvalue weighted by Crippen LogP contribution is -2.38. The quantitative estimate of drug-likeness (QED) is 0.584. The van der Waals surface area contributed by atoms with Gasteiger partial charge in [0.25, 0.3) is 5.69 Å². The first kappa shape index (κ1) is 19.2. The van der Waals surface area contributed by atoms with E-state index < -0.39 is 0 Å². The lowest BCUT2D eigenvalue weighted by molar-refractivity contribution is -0.384. The van der Waals surface area contributed by atoms with Crippen LogP contribution in [0.25, 0.3) is 0 Å². The fourth-order valence-corrected chi connectivity index (χ4v) is 3.15. The molecule has 0 bridgehead atoms. The number of nitro benzene ring substituents is 1. The molecule has 0 unspecified atom stereocenters. The van der Waals surface area contributed by atoms with E-state index in [1.807, 2.05) is 6.07 Å². The molecule has 0 fully saturated rings. The molecule has 0 amide bonds. The molecule has 1 aliphatic rings. The van der Waals surface area contributed by atoms with Crippen LogP contribution in [0.2, 0.25) is 0 Å². The highest BCUT2D eigenvalue weighted by molar-refractivity contribution is 6.01.